The van der Waals surface area contributed by atoms with Crippen molar-refractivity contribution in [1.29, 1.82) is 0 Å². The van der Waals surface area contributed by atoms with Crippen molar-refractivity contribution < 1.29 is 4.79 Å². The highest BCUT2D eigenvalue weighted by atomic mass is 32.2. The molecule has 4 unspecified atom stereocenters. The Morgan fingerprint density at radius 3 is 2.74 bits per heavy atom. The summed E-state index contributed by atoms with van der Waals surface area (Å²) in [6.45, 7) is 7.45. The van der Waals surface area contributed by atoms with Crippen LogP contribution in [0.15, 0.2) is 0 Å². The lowest BCUT2D eigenvalue weighted by Gasteiger charge is -2.46. The Morgan fingerprint density at radius 1 is 1.37 bits per heavy atom. The second kappa shape index (κ2) is 6.04. The third kappa shape index (κ3) is 3.27. The molecule has 1 aliphatic carbocycles. The first-order valence-corrected chi connectivity index (χ1v) is 8.69. The Labute approximate surface area is 121 Å². The third-order valence-electron chi connectivity index (χ3n) is 5.41. The van der Waals surface area contributed by atoms with Gasteiger partial charge >= 0.3 is 0 Å². The van der Waals surface area contributed by atoms with Gasteiger partial charge in [0.15, 0.2) is 0 Å². The average Bonchev–Trinajstić information content (AvgIpc) is 2.86. The zero-order chi connectivity index (χ0) is 14.0. The van der Waals surface area contributed by atoms with E-state index in [2.05, 4.69) is 26.1 Å². The molecule has 4 atom stereocenters. The number of nitrogens with one attached hydrogen (secondary N) is 1. The molecule has 0 aromatic heterocycles. The Kier molecular flexibility index (Phi) is 4.83. The number of thioether (sulfide) groups is 1. The van der Waals surface area contributed by atoms with Crippen LogP contribution < -0.4 is 11.1 Å². The number of amides is 1. The fraction of sp³-hybridized carbons (Fsp3) is 0.933. The second-order valence-corrected chi connectivity index (χ2v) is 8.03. The lowest BCUT2D eigenvalue weighted by atomic mass is 9.61. The first-order valence-electron chi connectivity index (χ1n) is 7.54. The molecule has 1 heterocycles. The van der Waals surface area contributed by atoms with Crippen molar-refractivity contribution in [3.05, 3.63) is 0 Å². The number of nitrogens with two attached hydrogens (primary N) is 1. The van der Waals surface area contributed by atoms with Gasteiger partial charge in [0.05, 0.1) is 0 Å². The summed E-state index contributed by atoms with van der Waals surface area (Å²) in [5.41, 5.74) is 6.16. The Balaban J connectivity index is 1.90. The first-order chi connectivity index (χ1) is 8.93. The van der Waals surface area contributed by atoms with E-state index in [1.807, 2.05) is 11.8 Å². The van der Waals surface area contributed by atoms with Gasteiger partial charge in [-0.05, 0) is 48.0 Å². The predicted molar refractivity (Wildman–Crippen MR) is 82.1 cm³/mol. The summed E-state index contributed by atoms with van der Waals surface area (Å²) in [5, 5.41) is 3.19. The fourth-order valence-corrected chi connectivity index (χ4v) is 4.72. The van der Waals surface area contributed by atoms with Gasteiger partial charge in [0, 0.05) is 18.5 Å². The largest absolute Gasteiger partial charge is 0.356 e. The van der Waals surface area contributed by atoms with Crippen molar-refractivity contribution in [3.63, 3.8) is 0 Å². The van der Waals surface area contributed by atoms with E-state index in [1.165, 1.54) is 17.9 Å². The van der Waals surface area contributed by atoms with Gasteiger partial charge in [-0.3, -0.25) is 4.79 Å². The van der Waals surface area contributed by atoms with Crippen molar-refractivity contribution in [1.82, 2.24) is 5.32 Å². The number of hydrogen-bond acceptors (Lipinski definition) is 3. The summed E-state index contributed by atoms with van der Waals surface area (Å²) in [7, 11) is 0. The highest BCUT2D eigenvalue weighted by Crippen LogP contribution is 2.44. The minimum atomic E-state index is 0.00613. The van der Waals surface area contributed by atoms with Crippen LogP contribution >= 0.6 is 11.8 Å². The van der Waals surface area contributed by atoms with Gasteiger partial charge in [-0.1, -0.05) is 20.8 Å². The topological polar surface area (TPSA) is 55.1 Å². The normalized spacial score (nSPS) is 38.1. The van der Waals surface area contributed by atoms with Crippen LogP contribution in [0.3, 0.4) is 0 Å². The molecule has 1 aliphatic heterocycles. The van der Waals surface area contributed by atoms with Crippen molar-refractivity contribution in [2.75, 3.05) is 18.1 Å². The molecule has 1 saturated heterocycles. The molecular formula is C15H28N2OS. The minimum Gasteiger partial charge on any atom is -0.356 e. The first kappa shape index (κ1) is 15.2. The van der Waals surface area contributed by atoms with Crippen LogP contribution in [0.2, 0.25) is 0 Å². The predicted octanol–water partition coefficient (Wildman–Crippen LogP) is 2.26. The lowest BCUT2D eigenvalue weighted by Crippen LogP contribution is -2.52. The smallest absolute Gasteiger partial charge is 0.223 e. The maximum atomic E-state index is 12.5. The van der Waals surface area contributed by atoms with Gasteiger partial charge in [0.1, 0.15) is 0 Å². The molecule has 110 valence electrons. The molecule has 3 N–H and O–H groups in total. The maximum Gasteiger partial charge on any atom is 0.223 e. The molecule has 0 radical (unpaired) electrons. The van der Waals surface area contributed by atoms with Crippen molar-refractivity contribution in [2.24, 2.45) is 28.9 Å². The molecule has 0 spiro atoms. The average molecular weight is 284 g/mol. The number of rotatable bonds is 3. The van der Waals surface area contributed by atoms with E-state index in [0.717, 1.165) is 19.4 Å². The molecule has 0 aromatic carbocycles. The Hall–Kier alpha value is -0.220. The number of hydrogen-bond donors (Lipinski definition) is 2. The van der Waals surface area contributed by atoms with Crippen molar-refractivity contribution >= 4 is 17.7 Å². The molecule has 2 aliphatic rings. The van der Waals surface area contributed by atoms with Gasteiger partial charge in [-0.15, -0.1) is 0 Å². The van der Waals surface area contributed by atoms with E-state index in [0.29, 0.717) is 11.8 Å². The van der Waals surface area contributed by atoms with E-state index >= 15 is 0 Å². The highest BCUT2D eigenvalue weighted by Gasteiger charge is 2.44. The summed E-state index contributed by atoms with van der Waals surface area (Å²) in [6.07, 6.45) is 3.16. The summed E-state index contributed by atoms with van der Waals surface area (Å²) >= 11 is 2.00. The van der Waals surface area contributed by atoms with Crippen LogP contribution in [0.5, 0.6) is 0 Å². The van der Waals surface area contributed by atoms with E-state index in [9.17, 15) is 4.79 Å². The lowest BCUT2D eigenvalue weighted by molar-refractivity contribution is -0.132. The van der Waals surface area contributed by atoms with Crippen LogP contribution in [0, 0.1) is 23.2 Å². The monoisotopic (exact) mass is 284 g/mol. The molecule has 19 heavy (non-hydrogen) atoms. The second-order valence-electron chi connectivity index (χ2n) is 6.88. The molecule has 0 bridgehead atoms. The Bertz CT molecular complexity index is 326. The minimum absolute atomic E-state index is 0.00613. The van der Waals surface area contributed by atoms with Gasteiger partial charge in [-0.25, -0.2) is 0 Å². The number of carbonyl (C=O) groups excluding carboxylic acids is 1. The van der Waals surface area contributed by atoms with E-state index in [-0.39, 0.29) is 23.3 Å². The zero-order valence-electron chi connectivity index (χ0n) is 12.4. The summed E-state index contributed by atoms with van der Waals surface area (Å²) in [4.78, 5) is 12.5. The zero-order valence-corrected chi connectivity index (χ0v) is 13.3. The van der Waals surface area contributed by atoms with E-state index < -0.39 is 0 Å². The van der Waals surface area contributed by atoms with Crippen LogP contribution in [-0.2, 0) is 4.79 Å². The Morgan fingerprint density at radius 2 is 2.11 bits per heavy atom. The molecule has 1 amide bonds. The van der Waals surface area contributed by atoms with Crippen LogP contribution in [-0.4, -0.2) is 30.0 Å². The highest BCUT2D eigenvalue weighted by molar-refractivity contribution is 7.99. The molecule has 2 fully saturated rings. The molecule has 2 rings (SSSR count). The third-order valence-corrected chi connectivity index (χ3v) is 6.64. The van der Waals surface area contributed by atoms with Gasteiger partial charge < -0.3 is 11.1 Å². The number of carbonyl (C=O) groups is 1. The summed E-state index contributed by atoms with van der Waals surface area (Å²) < 4.78 is 0. The summed E-state index contributed by atoms with van der Waals surface area (Å²) in [6, 6.07) is 0.241. The van der Waals surface area contributed by atoms with Crippen LogP contribution in [0.4, 0.5) is 0 Å². The molecule has 0 aromatic rings. The maximum absolute atomic E-state index is 12.5. The molecule has 4 heteroatoms. The molecule has 3 nitrogen and oxygen atoms in total. The van der Waals surface area contributed by atoms with Gasteiger partial charge in [0.25, 0.3) is 0 Å². The van der Waals surface area contributed by atoms with Gasteiger partial charge in [0.2, 0.25) is 5.91 Å². The fourth-order valence-electron chi connectivity index (χ4n) is 3.43. The van der Waals surface area contributed by atoms with Gasteiger partial charge in [-0.2, -0.15) is 11.8 Å². The standard InChI is InChI=1S/C15H28N2OS/c1-10-13(16)5-4-12(15(10,2)3)14(18)17-8-11-6-7-19-9-11/h10-13H,4-9,16H2,1-3H3,(H,17,18). The summed E-state index contributed by atoms with van der Waals surface area (Å²) in [5.74, 6) is 3.91. The van der Waals surface area contributed by atoms with E-state index in [1.54, 1.807) is 0 Å². The van der Waals surface area contributed by atoms with Crippen molar-refractivity contribution in [2.45, 2.75) is 46.1 Å². The van der Waals surface area contributed by atoms with Crippen LogP contribution in [0.25, 0.3) is 0 Å². The SMILES string of the molecule is CC1C(N)CCC(C(=O)NCC2CCSC2)C1(C)C. The molecule has 1 saturated carbocycles. The van der Waals surface area contributed by atoms with Crippen molar-refractivity contribution in [3.8, 4) is 0 Å². The van der Waals surface area contributed by atoms with E-state index in [4.69, 9.17) is 5.73 Å². The van der Waals surface area contributed by atoms with Crippen LogP contribution in [0.1, 0.15) is 40.0 Å². The quantitative estimate of drug-likeness (QED) is 0.836. The molecular weight excluding hydrogens is 256 g/mol.